The number of hydrogen-bond donors (Lipinski definition) is 0. The van der Waals surface area contributed by atoms with Gasteiger partial charge in [-0.15, -0.1) is 11.3 Å². The van der Waals surface area contributed by atoms with Gasteiger partial charge in [0, 0.05) is 38.1 Å². The average Bonchev–Trinajstić information content (AvgIpc) is 3.30. The highest BCUT2D eigenvalue weighted by Crippen LogP contribution is 2.26. The van der Waals surface area contributed by atoms with Gasteiger partial charge in [-0.2, -0.15) is 0 Å². The summed E-state index contributed by atoms with van der Waals surface area (Å²) in [7, 11) is 0. The standard InChI is InChI=1S/C18H20N4O3S/c23-16(20-8-10-25-11-9-20)15-13-26-17(19-15)22-7-6-21(18(22)24)12-14-4-2-1-3-5-14/h1-5,13H,6-12H2. The Labute approximate surface area is 155 Å². The molecule has 1 aromatic heterocycles. The molecule has 4 rings (SSSR count). The van der Waals surface area contributed by atoms with E-state index < -0.39 is 0 Å². The van der Waals surface area contributed by atoms with Crippen molar-refractivity contribution in [2.24, 2.45) is 0 Å². The molecule has 2 saturated heterocycles. The first-order valence-electron chi connectivity index (χ1n) is 8.65. The zero-order valence-electron chi connectivity index (χ0n) is 14.3. The number of carbonyl (C=O) groups excluding carboxylic acids is 2. The van der Waals surface area contributed by atoms with Gasteiger partial charge in [0.05, 0.1) is 13.2 Å². The Bertz CT molecular complexity index is 789. The summed E-state index contributed by atoms with van der Waals surface area (Å²) in [5.74, 6) is -0.0939. The maximum absolute atomic E-state index is 12.7. The largest absolute Gasteiger partial charge is 0.378 e. The van der Waals surface area contributed by atoms with Crippen molar-refractivity contribution in [2.75, 3.05) is 44.3 Å². The van der Waals surface area contributed by atoms with Crippen molar-refractivity contribution < 1.29 is 14.3 Å². The average molecular weight is 372 g/mol. The monoisotopic (exact) mass is 372 g/mol. The Kier molecular flexibility index (Phi) is 4.85. The Morgan fingerprint density at radius 2 is 1.88 bits per heavy atom. The Morgan fingerprint density at radius 3 is 2.65 bits per heavy atom. The molecule has 2 fully saturated rings. The lowest BCUT2D eigenvalue weighted by atomic mass is 10.2. The number of aromatic nitrogens is 1. The number of ether oxygens (including phenoxy) is 1. The van der Waals surface area contributed by atoms with Gasteiger partial charge in [-0.3, -0.25) is 9.69 Å². The van der Waals surface area contributed by atoms with E-state index in [-0.39, 0.29) is 11.9 Å². The first-order chi connectivity index (χ1) is 12.7. The molecule has 0 radical (unpaired) electrons. The van der Waals surface area contributed by atoms with E-state index in [1.165, 1.54) is 11.3 Å². The minimum Gasteiger partial charge on any atom is -0.378 e. The smallest absolute Gasteiger partial charge is 0.326 e. The zero-order chi connectivity index (χ0) is 17.9. The van der Waals surface area contributed by atoms with Crippen LogP contribution >= 0.6 is 11.3 Å². The number of rotatable bonds is 4. The second-order valence-corrected chi connectivity index (χ2v) is 7.10. The SMILES string of the molecule is O=C(c1csc(N2CCN(Cc3ccccc3)C2=O)n1)N1CCOCC1. The van der Waals surface area contributed by atoms with Crippen molar-refractivity contribution in [3.05, 3.63) is 47.0 Å². The summed E-state index contributed by atoms with van der Waals surface area (Å²) in [6.07, 6.45) is 0. The van der Waals surface area contributed by atoms with Crippen LogP contribution in [0.5, 0.6) is 0 Å². The summed E-state index contributed by atoms with van der Waals surface area (Å²) in [6, 6.07) is 9.87. The zero-order valence-corrected chi connectivity index (χ0v) is 15.2. The lowest BCUT2D eigenvalue weighted by Crippen LogP contribution is -2.40. The number of morpholine rings is 1. The molecule has 3 amide bonds. The van der Waals surface area contributed by atoms with Crippen molar-refractivity contribution in [3.8, 4) is 0 Å². The van der Waals surface area contributed by atoms with Crippen molar-refractivity contribution in [1.29, 1.82) is 0 Å². The van der Waals surface area contributed by atoms with E-state index in [1.807, 2.05) is 30.3 Å². The van der Waals surface area contributed by atoms with E-state index in [1.54, 1.807) is 20.1 Å². The third-order valence-electron chi connectivity index (χ3n) is 4.55. The number of nitrogens with zero attached hydrogens (tertiary/aromatic N) is 4. The number of hydrogen-bond acceptors (Lipinski definition) is 5. The van der Waals surface area contributed by atoms with Crippen LogP contribution in [0, 0.1) is 0 Å². The fraction of sp³-hybridized carbons (Fsp3) is 0.389. The van der Waals surface area contributed by atoms with Crippen LogP contribution < -0.4 is 4.90 Å². The van der Waals surface area contributed by atoms with Gasteiger partial charge in [-0.25, -0.2) is 9.78 Å². The van der Waals surface area contributed by atoms with Gasteiger partial charge in [0.25, 0.3) is 5.91 Å². The molecule has 136 valence electrons. The summed E-state index contributed by atoms with van der Waals surface area (Å²) < 4.78 is 5.28. The van der Waals surface area contributed by atoms with Gasteiger partial charge < -0.3 is 14.5 Å². The van der Waals surface area contributed by atoms with Crippen LogP contribution in [0.1, 0.15) is 16.1 Å². The van der Waals surface area contributed by atoms with Crippen LogP contribution in [0.15, 0.2) is 35.7 Å². The van der Waals surface area contributed by atoms with Gasteiger partial charge in [0.2, 0.25) is 0 Å². The van der Waals surface area contributed by atoms with Crippen molar-refractivity contribution in [1.82, 2.24) is 14.8 Å². The number of carbonyl (C=O) groups is 2. The number of anilines is 1. The van der Waals surface area contributed by atoms with E-state index in [0.29, 0.717) is 56.8 Å². The van der Waals surface area contributed by atoms with E-state index in [2.05, 4.69) is 4.98 Å². The van der Waals surface area contributed by atoms with Crippen molar-refractivity contribution in [2.45, 2.75) is 6.54 Å². The lowest BCUT2D eigenvalue weighted by molar-refractivity contribution is 0.0299. The molecule has 0 saturated carbocycles. The molecule has 3 heterocycles. The third kappa shape index (κ3) is 3.42. The topological polar surface area (TPSA) is 66.0 Å². The Morgan fingerprint density at radius 1 is 1.12 bits per heavy atom. The minimum absolute atomic E-state index is 0.0615. The van der Waals surface area contributed by atoms with E-state index in [0.717, 1.165) is 5.56 Å². The predicted octanol–water partition coefficient (Wildman–Crippen LogP) is 2.06. The molecule has 0 spiro atoms. The maximum atomic E-state index is 12.7. The maximum Gasteiger partial charge on any atom is 0.326 e. The number of urea groups is 1. The van der Waals surface area contributed by atoms with E-state index in [4.69, 9.17) is 4.74 Å². The first-order valence-corrected chi connectivity index (χ1v) is 9.53. The molecule has 2 aromatic rings. The number of amides is 3. The minimum atomic E-state index is -0.0939. The van der Waals surface area contributed by atoms with Crippen LogP contribution in [0.4, 0.5) is 9.93 Å². The summed E-state index contributed by atoms with van der Waals surface area (Å²) >= 11 is 1.34. The molecule has 7 nitrogen and oxygen atoms in total. The predicted molar refractivity (Wildman–Crippen MR) is 98.4 cm³/mol. The molecule has 26 heavy (non-hydrogen) atoms. The van der Waals surface area contributed by atoms with Crippen LogP contribution in [0.25, 0.3) is 0 Å². The Hall–Kier alpha value is -2.45. The van der Waals surface area contributed by atoms with Gasteiger partial charge in [0.1, 0.15) is 5.69 Å². The fourth-order valence-electron chi connectivity index (χ4n) is 3.13. The van der Waals surface area contributed by atoms with Gasteiger partial charge in [-0.05, 0) is 5.56 Å². The van der Waals surface area contributed by atoms with Crippen molar-refractivity contribution >= 4 is 28.4 Å². The van der Waals surface area contributed by atoms with E-state index >= 15 is 0 Å². The Balaban J connectivity index is 1.43. The summed E-state index contributed by atoms with van der Waals surface area (Å²) in [4.78, 5) is 34.8. The summed E-state index contributed by atoms with van der Waals surface area (Å²) in [5, 5.41) is 2.32. The second-order valence-electron chi connectivity index (χ2n) is 6.26. The van der Waals surface area contributed by atoms with Crippen LogP contribution in [0.3, 0.4) is 0 Å². The van der Waals surface area contributed by atoms with Crippen LogP contribution in [0.2, 0.25) is 0 Å². The molecular weight excluding hydrogens is 352 g/mol. The van der Waals surface area contributed by atoms with Gasteiger partial charge in [0.15, 0.2) is 5.13 Å². The van der Waals surface area contributed by atoms with Gasteiger partial charge in [-0.1, -0.05) is 30.3 Å². The van der Waals surface area contributed by atoms with Crippen LogP contribution in [-0.2, 0) is 11.3 Å². The van der Waals surface area contributed by atoms with Gasteiger partial charge >= 0.3 is 6.03 Å². The molecule has 0 N–H and O–H groups in total. The quantitative estimate of drug-likeness (QED) is 0.824. The molecule has 2 aliphatic rings. The lowest BCUT2D eigenvalue weighted by Gasteiger charge is -2.26. The number of thiazole rings is 1. The summed E-state index contributed by atoms with van der Waals surface area (Å²) in [5.41, 5.74) is 1.51. The highest BCUT2D eigenvalue weighted by Gasteiger charge is 2.32. The molecule has 1 aromatic carbocycles. The highest BCUT2D eigenvalue weighted by molar-refractivity contribution is 7.14. The van der Waals surface area contributed by atoms with E-state index in [9.17, 15) is 9.59 Å². The highest BCUT2D eigenvalue weighted by atomic mass is 32.1. The first kappa shape index (κ1) is 17.0. The molecular formula is C18H20N4O3S. The number of benzene rings is 1. The molecule has 2 aliphatic heterocycles. The fourth-order valence-corrected chi connectivity index (χ4v) is 3.94. The molecule has 0 aliphatic carbocycles. The summed E-state index contributed by atoms with van der Waals surface area (Å²) in [6.45, 7) is 4.10. The van der Waals surface area contributed by atoms with Crippen molar-refractivity contribution in [3.63, 3.8) is 0 Å². The molecule has 8 heteroatoms. The normalized spacial score (nSPS) is 17.8. The molecule has 0 atom stereocenters. The molecule has 0 bridgehead atoms. The molecule has 0 unspecified atom stereocenters. The van der Waals surface area contributed by atoms with Crippen LogP contribution in [-0.4, -0.2) is 66.1 Å². The third-order valence-corrected chi connectivity index (χ3v) is 5.42. The second kappa shape index (κ2) is 7.43.